The molecule has 8 nitrogen and oxygen atoms in total. The van der Waals surface area contributed by atoms with Crippen molar-refractivity contribution in [2.45, 2.75) is 32.7 Å². The number of hydrogen-bond donors (Lipinski definition) is 3. The van der Waals surface area contributed by atoms with E-state index < -0.39 is 35.4 Å². The van der Waals surface area contributed by atoms with Crippen molar-refractivity contribution >= 4 is 24.7 Å². The average Bonchev–Trinajstić information content (AvgIpc) is 2.55. The number of nitrogens with zero attached hydrogens (tertiary/aromatic N) is 1. The molecule has 2 N–H and O–H groups in total. The lowest BCUT2D eigenvalue weighted by molar-refractivity contribution is -0.577. The maximum atomic E-state index is 12.9. The molecule has 0 saturated carbocycles. The summed E-state index contributed by atoms with van der Waals surface area (Å²) in [6.45, 7) is 3.29. The van der Waals surface area contributed by atoms with E-state index in [4.69, 9.17) is 5.26 Å². The molecule has 0 radical (unpaired) electrons. The average molecular weight is 377 g/mol. The van der Waals surface area contributed by atoms with Crippen LogP contribution in [0.3, 0.4) is 0 Å². The zero-order valence-electron chi connectivity index (χ0n) is 13.7. The monoisotopic (exact) mass is 377 g/mol. The van der Waals surface area contributed by atoms with Crippen LogP contribution in [0, 0.1) is 17.7 Å². The van der Waals surface area contributed by atoms with Gasteiger partial charge in [-0.05, 0) is 30.0 Å². The third-order valence-electron chi connectivity index (χ3n) is 3.57. The Balaban J connectivity index is 2.88. The molecule has 0 aliphatic heterocycles. The van der Waals surface area contributed by atoms with E-state index in [0.717, 1.165) is 0 Å². The van der Waals surface area contributed by atoms with Gasteiger partial charge in [0.05, 0.1) is 5.92 Å². The minimum absolute atomic E-state index is 0.0378. The fourth-order valence-corrected chi connectivity index (χ4v) is 2.46. The van der Waals surface area contributed by atoms with Crippen molar-refractivity contribution in [1.82, 2.24) is 5.23 Å². The summed E-state index contributed by atoms with van der Waals surface area (Å²) in [5.41, 5.74) is 0.577. The van der Waals surface area contributed by atoms with Gasteiger partial charge in [-0.15, -0.1) is 9.32 Å². The van der Waals surface area contributed by atoms with E-state index in [-0.39, 0.29) is 12.8 Å². The third kappa shape index (κ3) is 6.69. The van der Waals surface area contributed by atoms with Crippen LogP contribution in [0.5, 0.6) is 0 Å². The number of hydrogen-bond acceptors (Lipinski definition) is 8. The highest BCUT2D eigenvalue weighted by atomic mass is 32.1. The highest BCUT2D eigenvalue weighted by Gasteiger charge is 2.35. The highest BCUT2D eigenvalue weighted by Crippen LogP contribution is 2.20. The van der Waals surface area contributed by atoms with Gasteiger partial charge in [0, 0.05) is 24.6 Å². The van der Waals surface area contributed by atoms with Crippen molar-refractivity contribution in [3.8, 4) is 0 Å². The predicted octanol–water partition coefficient (Wildman–Crippen LogP) is 2.47. The lowest BCUT2D eigenvalue weighted by atomic mass is 9.89. The van der Waals surface area contributed by atoms with Gasteiger partial charge in [-0.3, -0.25) is 9.59 Å². The van der Waals surface area contributed by atoms with Crippen LogP contribution in [0.4, 0.5) is 4.39 Å². The number of Topliss-reactive ketones (excluding diaryl/α,β-unsaturated/α-hetero) is 1. The van der Waals surface area contributed by atoms with Crippen molar-refractivity contribution in [2.75, 3.05) is 0 Å². The fraction of sp³-hybridized carbons (Fsp3) is 0.467. The first kappa shape index (κ1) is 21.5. The van der Waals surface area contributed by atoms with Crippen LogP contribution in [-0.2, 0) is 30.3 Å². The molecule has 0 spiro atoms. The molecule has 0 fully saturated rings. The van der Waals surface area contributed by atoms with Gasteiger partial charge < -0.3 is 5.11 Å². The van der Waals surface area contributed by atoms with Crippen molar-refractivity contribution in [3.63, 3.8) is 0 Å². The number of carbonyl (C=O) groups excluding carboxylic acids is 1. The first-order valence-electron chi connectivity index (χ1n) is 7.39. The Morgan fingerprint density at radius 2 is 1.88 bits per heavy atom. The second-order valence-corrected chi connectivity index (χ2v) is 5.89. The Morgan fingerprint density at radius 3 is 2.32 bits per heavy atom. The Kier molecular flexibility index (Phi) is 8.97. The molecule has 1 rings (SSSR count). The van der Waals surface area contributed by atoms with Gasteiger partial charge >= 0.3 is 5.97 Å². The molecule has 1 aromatic carbocycles. The molecule has 0 aliphatic rings. The van der Waals surface area contributed by atoms with Crippen LogP contribution < -0.4 is 0 Å². The van der Waals surface area contributed by atoms with E-state index in [2.05, 4.69) is 27.2 Å². The SMILES string of the molecule is CC(C)[C@@H](C(=O)C[C@@H](Cc1ccc(F)cc1)C(=O)O)N(OO)OOS. The topological polar surface area (TPSA) is 106 Å². The number of thiol groups is 1. The highest BCUT2D eigenvalue weighted by molar-refractivity contribution is 7.74. The van der Waals surface area contributed by atoms with Crippen LogP contribution in [0.1, 0.15) is 25.8 Å². The van der Waals surface area contributed by atoms with E-state index in [1.807, 2.05) is 0 Å². The Hall–Kier alpha value is -1.56. The van der Waals surface area contributed by atoms with Crippen molar-refractivity contribution in [2.24, 2.45) is 11.8 Å². The molecule has 0 bridgehead atoms. The third-order valence-corrected chi connectivity index (χ3v) is 3.63. The molecule has 0 aromatic heterocycles. The number of ketones is 1. The standard InChI is InChI=1S/C15H20FNO7S/c1-9(2)14(17(22-21)23-24-25)13(18)8-11(15(19)20)7-10-3-5-12(16)6-4-10/h3-6,9,11,14,21,25H,7-8H2,1-2H3,(H,19,20)/t11-,14+/m1/s1. The van der Waals surface area contributed by atoms with Crippen LogP contribution >= 0.6 is 12.9 Å². The summed E-state index contributed by atoms with van der Waals surface area (Å²) in [5.74, 6) is -3.61. The van der Waals surface area contributed by atoms with Crippen molar-refractivity contribution in [3.05, 3.63) is 35.6 Å². The second-order valence-electron chi connectivity index (χ2n) is 5.74. The lowest BCUT2D eigenvalue weighted by Gasteiger charge is -2.26. The number of carbonyl (C=O) groups is 2. The Bertz CT molecular complexity index is 570. The summed E-state index contributed by atoms with van der Waals surface area (Å²) in [4.78, 5) is 32.3. The van der Waals surface area contributed by atoms with Gasteiger partial charge in [-0.2, -0.15) is 0 Å². The van der Waals surface area contributed by atoms with Gasteiger partial charge in [0.15, 0.2) is 5.78 Å². The van der Waals surface area contributed by atoms with Gasteiger partial charge in [-0.1, -0.05) is 31.0 Å². The number of halogens is 1. The number of carboxylic acids is 1. The molecule has 140 valence electrons. The number of aliphatic carboxylic acids is 1. The summed E-state index contributed by atoms with van der Waals surface area (Å²) < 4.78 is 17.0. The Labute approximate surface area is 149 Å². The summed E-state index contributed by atoms with van der Waals surface area (Å²) in [5, 5.41) is 18.6. The first-order chi connectivity index (χ1) is 11.8. The van der Waals surface area contributed by atoms with Crippen LogP contribution in [0.25, 0.3) is 0 Å². The molecule has 2 atom stereocenters. The van der Waals surface area contributed by atoms with Crippen molar-refractivity contribution < 1.29 is 38.7 Å². The minimum atomic E-state index is -1.18. The molecule has 1 aromatic rings. The Morgan fingerprint density at radius 1 is 1.28 bits per heavy atom. The summed E-state index contributed by atoms with van der Waals surface area (Å²) in [7, 11) is 0. The molecule has 10 heteroatoms. The zero-order valence-corrected chi connectivity index (χ0v) is 14.6. The van der Waals surface area contributed by atoms with Crippen LogP contribution in [-0.4, -0.2) is 33.4 Å². The maximum absolute atomic E-state index is 12.9. The molecular weight excluding hydrogens is 357 g/mol. The van der Waals surface area contributed by atoms with Gasteiger partial charge in [0.1, 0.15) is 11.9 Å². The van der Waals surface area contributed by atoms with Crippen molar-refractivity contribution in [1.29, 1.82) is 0 Å². The molecule has 0 amide bonds. The number of hydroxylamine groups is 2. The van der Waals surface area contributed by atoms with Crippen LogP contribution in [0.2, 0.25) is 0 Å². The quantitative estimate of drug-likeness (QED) is 0.234. The van der Waals surface area contributed by atoms with E-state index in [1.165, 1.54) is 24.3 Å². The molecule has 0 saturated heterocycles. The zero-order chi connectivity index (χ0) is 19.0. The predicted molar refractivity (Wildman–Crippen MR) is 86.2 cm³/mol. The van der Waals surface area contributed by atoms with Gasteiger partial charge in [-0.25, -0.2) is 9.65 Å². The molecular formula is C15H20FNO7S. The van der Waals surface area contributed by atoms with Crippen LogP contribution in [0.15, 0.2) is 24.3 Å². The number of carboxylic acid groups (broad SMARTS) is 1. The van der Waals surface area contributed by atoms with E-state index in [0.29, 0.717) is 10.8 Å². The first-order valence-corrected chi connectivity index (χ1v) is 7.75. The number of rotatable bonds is 11. The molecule has 25 heavy (non-hydrogen) atoms. The normalized spacial score (nSPS) is 13.9. The van der Waals surface area contributed by atoms with E-state index in [9.17, 15) is 19.1 Å². The summed E-state index contributed by atoms with van der Waals surface area (Å²) >= 11 is 3.33. The summed E-state index contributed by atoms with van der Waals surface area (Å²) in [6.07, 6.45) is -0.318. The molecule has 0 aliphatic carbocycles. The lowest BCUT2D eigenvalue weighted by Crippen LogP contribution is -2.45. The number of benzene rings is 1. The maximum Gasteiger partial charge on any atom is 0.307 e. The smallest absolute Gasteiger partial charge is 0.307 e. The van der Waals surface area contributed by atoms with E-state index in [1.54, 1.807) is 13.8 Å². The molecule has 0 unspecified atom stereocenters. The fourth-order valence-electron chi connectivity index (χ4n) is 2.39. The summed E-state index contributed by atoms with van der Waals surface area (Å²) in [6, 6.07) is 4.21. The molecule has 0 heterocycles. The van der Waals surface area contributed by atoms with Gasteiger partial charge in [0.25, 0.3) is 0 Å². The van der Waals surface area contributed by atoms with E-state index >= 15 is 0 Å². The van der Waals surface area contributed by atoms with Gasteiger partial charge in [0.2, 0.25) is 0 Å². The largest absolute Gasteiger partial charge is 0.481 e. The second kappa shape index (κ2) is 10.4. The minimum Gasteiger partial charge on any atom is -0.481 e.